The fraction of sp³-hybridized carbons (Fsp3) is 0.0909. The number of hydrogen-bond acceptors (Lipinski definition) is 4. The van der Waals surface area contributed by atoms with E-state index in [-0.39, 0.29) is 17.4 Å². The van der Waals surface area contributed by atoms with Gasteiger partial charge in [0.25, 0.3) is 0 Å². The minimum Gasteiger partial charge on any atom is -0.486 e. The standard InChI is InChI=1S/C11H7ClFN3OS/c12-7-1-6-3-15-16-8(6)2-10(7)17-4-9-11(13)18-5-14-9/h1-3,5H,4H2,(H,15,16). The first kappa shape index (κ1) is 11.4. The van der Waals surface area contributed by atoms with E-state index >= 15 is 0 Å². The first-order chi connectivity index (χ1) is 8.74. The molecular weight excluding hydrogens is 277 g/mol. The summed E-state index contributed by atoms with van der Waals surface area (Å²) in [5.74, 6) is 0.473. The van der Waals surface area contributed by atoms with Crippen molar-refractivity contribution in [2.24, 2.45) is 0 Å². The van der Waals surface area contributed by atoms with Crippen molar-refractivity contribution in [3.63, 3.8) is 0 Å². The van der Waals surface area contributed by atoms with Gasteiger partial charge in [-0.2, -0.15) is 9.49 Å². The maximum atomic E-state index is 13.2. The van der Waals surface area contributed by atoms with Gasteiger partial charge < -0.3 is 4.74 Å². The van der Waals surface area contributed by atoms with Gasteiger partial charge in [0.1, 0.15) is 18.1 Å². The number of halogens is 2. The Bertz CT molecular complexity index is 696. The Morgan fingerprint density at radius 2 is 2.33 bits per heavy atom. The lowest BCUT2D eigenvalue weighted by molar-refractivity contribution is 0.297. The molecule has 0 atom stereocenters. The van der Waals surface area contributed by atoms with E-state index in [2.05, 4.69) is 15.2 Å². The molecule has 4 nitrogen and oxygen atoms in total. The van der Waals surface area contributed by atoms with E-state index in [0.29, 0.717) is 10.8 Å². The zero-order valence-corrected chi connectivity index (χ0v) is 10.6. The number of nitrogens with one attached hydrogen (secondary N) is 1. The number of H-pyrrole nitrogens is 1. The van der Waals surface area contributed by atoms with Crippen LogP contribution in [0.2, 0.25) is 5.02 Å². The van der Waals surface area contributed by atoms with Crippen molar-refractivity contribution in [1.82, 2.24) is 15.2 Å². The number of benzene rings is 1. The summed E-state index contributed by atoms with van der Waals surface area (Å²) in [6.07, 6.45) is 1.67. The van der Waals surface area contributed by atoms with Gasteiger partial charge in [-0.15, -0.1) is 0 Å². The molecule has 0 spiro atoms. The van der Waals surface area contributed by atoms with Gasteiger partial charge in [-0.3, -0.25) is 5.10 Å². The lowest BCUT2D eigenvalue weighted by Gasteiger charge is -2.06. The number of aromatic amines is 1. The van der Waals surface area contributed by atoms with E-state index in [0.717, 1.165) is 22.2 Å². The second-order valence-electron chi connectivity index (χ2n) is 3.60. The zero-order valence-electron chi connectivity index (χ0n) is 8.98. The van der Waals surface area contributed by atoms with Crippen LogP contribution in [-0.4, -0.2) is 15.2 Å². The van der Waals surface area contributed by atoms with Crippen LogP contribution in [0.5, 0.6) is 5.75 Å². The van der Waals surface area contributed by atoms with Gasteiger partial charge in [0.2, 0.25) is 5.13 Å². The molecule has 0 saturated heterocycles. The summed E-state index contributed by atoms with van der Waals surface area (Å²) in [6, 6.07) is 3.47. The number of nitrogens with zero attached hydrogens (tertiary/aromatic N) is 2. The molecular formula is C11H7ClFN3OS. The van der Waals surface area contributed by atoms with Crippen LogP contribution in [0.4, 0.5) is 4.39 Å². The number of hydrogen-bond donors (Lipinski definition) is 1. The van der Waals surface area contributed by atoms with Crippen molar-refractivity contribution in [3.05, 3.63) is 39.7 Å². The predicted molar refractivity (Wildman–Crippen MR) is 67.5 cm³/mol. The SMILES string of the molecule is Fc1scnc1COc1cc2[nH]ncc2cc1Cl. The highest BCUT2D eigenvalue weighted by Gasteiger charge is 2.09. The van der Waals surface area contributed by atoms with E-state index in [9.17, 15) is 4.39 Å². The molecule has 0 aliphatic rings. The molecule has 0 amide bonds. The average molecular weight is 284 g/mol. The molecule has 3 aromatic rings. The maximum absolute atomic E-state index is 13.2. The second kappa shape index (κ2) is 4.55. The first-order valence-electron chi connectivity index (χ1n) is 5.07. The molecule has 7 heteroatoms. The third-order valence-electron chi connectivity index (χ3n) is 2.45. The van der Waals surface area contributed by atoms with Crippen LogP contribution in [0, 0.1) is 5.13 Å². The molecule has 3 rings (SSSR count). The highest BCUT2D eigenvalue weighted by Crippen LogP contribution is 2.29. The van der Waals surface area contributed by atoms with Crippen LogP contribution >= 0.6 is 22.9 Å². The number of aromatic nitrogens is 3. The molecule has 0 bridgehead atoms. The predicted octanol–water partition coefficient (Wildman–Crippen LogP) is 3.39. The van der Waals surface area contributed by atoms with Crippen molar-refractivity contribution in [1.29, 1.82) is 0 Å². The number of fused-ring (bicyclic) bond motifs is 1. The molecule has 0 radical (unpaired) electrons. The summed E-state index contributed by atoms with van der Waals surface area (Å²) in [6.45, 7) is 0.0503. The van der Waals surface area contributed by atoms with E-state index in [1.54, 1.807) is 18.3 Å². The Labute approximate surface area is 110 Å². The molecule has 2 heterocycles. The molecule has 2 aromatic heterocycles. The Morgan fingerprint density at radius 1 is 1.44 bits per heavy atom. The van der Waals surface area contributed by atoms with E-state index in [1.165, 1.54) is 5.51 Å². The zero-order chi connectivity index (χ0) is 12.5. The van der Waals surface area contributed by atoms with Crippen LogP contribution in [0.15, 0.2) is 23.8 Å². The average Bonchev–Trinajstić information content (AvgIpc) is 2.95. The van der Waals surface area contributed by atoms with E-state index < -0.39 is 0 Å². The number of rotatable bonds is 3. The summed E-state index contributed by atoms with van der Waals surface area (Å²) < 4.78 is 18.6. The third-order valence-corrected chi connectivity index (χ3v) is 3.40. The smallest absolute Gasteiger partial charge is 0.202 e. The summed E-state index contributed by atoms with van der Waals surface area (Å²) in [7, 11) is 0. The normalized spacial score (nSPS) is 11.0. The van der Waals surface area contributed by atoms with Crippen LogP contribution in [0.3, 0.4) is 0 Å². The molecule has 92 valence electrons. The van der Waals surface area contributed by atoms with Crippen LogP contribution < -0.4 is 4.74 Å². The Kier molecular flexibility index (Phi) is 2.89. The van der Waals surface area contributed by atoms with Gasteiger partial charge in [-0.1, -0.05) is 22.9 Å². The molecule has 0 aliphatic carbocycles. The van der Waals surface area contributed by atoms with Crippen molar-refractivity contribution < 1.29 is 9.13 Å². The fourth-order valence-electron chi connectivity index (χ4n) is 1.55. The van der Waals surface area contributed by atoms with Crippen molar-refractivity contribution >= 4 is 33.8 Å². The summed E-state index contributed by atoms with van der Waals surface area (Å²) in [5.41, 5.74) is 2.53. The van der Waals surface area contributed by atoms with Crippen molar-refractivity contribution in [2.75, 3.05) is 0 Å². The van der Waals surface area contributed by atoms with Crippen LogP contribution in [0.1, 0.15) is 5.69 Å². The topological polar surface area (TPSA) is 50.8 Å². The third kappa shape index (κ3) is 2.04. The van der Waals surface area contributed by atoms with Crippen LogP contribution in [0.25, 0.3) is 10.9 Å². The number of ether oxygens (including phenoxy) is 1. The molecule has 18 heavy (non-hydrogen) atoms. The van der Waals surface area contributed by atoms with Gasteiger partial charge in [0, 0.05) is 11.5 Å². The lowest BCUT2D eigenvalue weighted by Crippen LogP contribution is -1.98. The minimum absolute atomic E-state index is 0.0503. The second-order valence-corrected chi connectivity index (χ2v) is 4.81. The quantitative estimate of drug-likeness (QED) is 0.801. The van der Waals surface area contributed by atoms with Gasteiger partial charge in [-0.05, 0) is 6.07 Å². The monoisotopic (exact) mass is 283 g/mol. The summed E-state index contributed by atoms with van der Waals surface area (Å²) in [4.78, 5) is 3.87. The molecule has 1 aromatic carbocycles. The van der Waals surface area contributed by atoms with Crippen LogP contribution in [-0.2, 0) is 6.61 Å². The van der Waals surface area contributed by atoms with Gasteiger partial charge >= 0.3 is 0 Å². The Balaban J connectivity index is 1.86. The van der Waals surface area contributed by atoms with Gasteiger partial charge in [-0.25, -0.2) is 4.98 Å². The summed E-state index contributed by atoms with van der Waals surface area (Å²) in [5, 5.41) is 7.73. The highest BCUT2D eigenvalue weighted by molar-refractivity contribution is 7.08. The van der Waals surface area contributed by atoms with E-state index in [4.69, 9.17) is 16.3 Å². The minimum atomic E-state index is -0.339. The van der Waals surface area contributed by atoms with Gasteiger partial charge in [0.05, 0.1) is 22.2 Å². The largest absolute Gasteiger partial charge is 0.486 e. The summed E-state index contributed by atoms with van der Waals surface area (Å²) >= 11 is 7.00. The molecule has 0 unspecified atom stereocenters. The molecule has 1 N–H and O–H groups in total. The molecule has 0 aliphatic heterocycles. The van der Waals surface area contributed by atoms with Crippen molar-refractivity contribution in [3.8, 4) is 5.75 Å². The number of thiazole rings is 1. The van der Waals surface area contributed by atoms with Crippen molar-refractivity contribution in [2.45, 2.75) is 6.61 Å². The van der Waals surface area contributed by atoms with E-state index in [1.807, 2.05) is 0 Å². The lowest BCUT2D eigenvalue weighted by atomic mass is 10.2. The highest BCUT2D eigenvalue weighted by atomic mass is 35.5. The molecule has 0 saturated carbocycles. The first-order valence-corrected chi connectivity index (χ1v) is 6.33. The van der Waals surface area contributed by atoms with Gasteiger partial charge in [0.15, 0.2) is 0 Å². The maximum Gasteiger partial charge on any atom is 0.202 e. The fourth-order valence-corrected chi connectivity index (χ4v) is 2.30. The Hall–Kier alpha value is -1.66. The molecule has 0 fully saturated rings. The Morgan fingerprint density at radius 3 is 3.11 bits per heavy atom.